The number of fused-ring (bicyclic) bond motifs is 2. The molecule has 0 radical (unpaired) electrons. The molecule has 3 aliphatic heterocycles. The van der Waals surface area contributed by atoms with Crippen molar-refractivity contribution in [3.8, 4) is 5.88 Å². The summed E-state index contributed by atoms with van der Waals surface area (Å²) in [6.45, 7) is 4.82. The molecule has 0 aliphatic carbocycles. The fourth-order valence-corrected chi connectivity index (χ4v) is 5.18. The summed E-state index contributed by atoms with van der Waals surface area (Å²) in [5.41, 5.74) is 0.134. The number of ether oxygens (including phenoxy) is 4. The number of aliphatic imine (C=N–C) groups is 1. The minimum absolute atomic E-state index is 0.0618. The predicted octanol–water partition coefficient (Wildman–Crippen LogP) is 3.76. The van der Waals surface area contributed by atoms with Crippen LogP contribution in [0.4, 0.5) is 14.5 Å². The van der Waals surface area contributed by atoms with E-state index in [1.807, 2.05) is 0 Å². The average molecular weight is 600 g/mol. The Morgan fingerprint density at radius 3 is 2.55 bits per heavy atom. The standard InChI is InChI=1S/C26H28ClF2N3O7S/c1-26(2,3)40(4,35)32-24(34)12-5-15(28)13(16(29)6-12)9-38-25-14(27)7-17-18(31-25)8-21(30-17)39-20-11-37-22-19(33)10-36-23(20)22/h5-7,19-20,22-23,33H,8-11H2,1-4H3/t19-,20-,22-,23-,40?/m1/s1. The Hall–Kier alpha value is -2.71. The Labute approximate surface area is 234 Å². The lowest BCUT2D eigenvalue weighted by Gasteiger charge is -2.20. The van der Waals surface area contributed by atoms with Crippen molar-refractivity contribution < 1.29 is 41.8 Å². The first-order valence-electron chi connectivity index (χ1n) is 12.4. The number of carbonyl (C=O) groups is 1. The van der Waals surface area contributed by atoms with E-state index in [-0.39, 0.29) is 36.1 Å². The second kappa shape index (κ2) is 10.6. The number of carbonyl (C=O) groups excluding carboxylic acids is 1. The van der Waals surface area contributed by atoms with E-state index in [1.165, 1.54) is 12.3 Å². The van der Waals surface area contributed by atoms with E-state index >= 15 is 0 Å². The van der Waals surface area contributed by atoms with E-state index in [9.17, 15) is 22.9 Å². The molecular weight excluding hydrogens is 572 g/mol. The molecule has 2 fully saturated rings. The van der Waals surface area contributed by atoms with E-state index in [0.29, 0.717) is 17.3 Å². The smallest absolute Gasteiger partial charge is 0.285 e. The van der Waals surface area contributed by atoms with Crippen molar-refractivity contribution in [2.45, 2.75) is 63.0 Å². The lowest BCUT2D eigenvalue weighted by atomic mass is 10.1. The number of aliphatic hydroxyl groups excluding tert-OH is 1. The minimum atomic E-state index is -2.96. The topological polar surface area (TPSA) is 129 Å². The quantitative estimate of drug-likeness (QED) is 0.550. The largest absolute Gasteiger partial charge is 0.472 e. The van der Waals surface area contributed by atoms with Crippen molar-refractivity contribution in [1.82, 2.24) is 4.98 Å². The highest BCUT2D eigenvalue weighted by Crippen LogP contribution is 2.36. The van der Waals surface area contributed by atoms with E-state index < -0.39 is 68.6 Å². The van der Waals surface area contributed by atoms with Crippen LogP contribution in [0.3, 0.4) is 0 Å². The van der Waals surface area contributed by atoms with Gasteiger partial charge in [-0.05, 0) is 39.0 Å². The van der Waals surface area contributed by atoms with Gasteiger partial charge in [0.25, 0.3) is 5.91 Å². The molecule has 2 saturated heterocycles. The molecule has 4 heterocycles. The number of benzene rings is 1. The maximum absolute atomic E-state index is 14.8. The molecule has 5 atom stereocenters. The number of aromatic nitrogens is 1. The van der Waals surface area contributed by atoms with Crippen molar-refractivity contribution in [2.24, 2.45) is 9.36 Å². The van der Waals surface area contributed by atoms with Gasteiger partial charge in [0.1, 0.15) is 41.6 Å². The van der Waals surface area contributed by atoms with Crippen molar-refractivity contribution >= 4 is 38.8 Å². The number of rotatable bonds is 5. The van der Waals surface area contributed by atoms with Crippen LogP contribution >= 0.6 is 11.6 Å². The molecule has 2 aromatic rings. The first-order chi connectivity index (χ1) is 18.7. The summed E-state index contributed by atoms with van der Waals surface area (Å²) in [4.78, 5) is 21.2. The predicted molar refractivity (Wildman–Crippen MR) is 142 cm³/mol. The normalized spacial score (nSPS) is 25.1. The zero-order valence-corrected chi connectivity index (χ0v) is 23.7. The fraction of sp³-hybridized carbons (Fsp3) is 0.500. The molecule has 3 aliphatic rings. The molecule has 1 amide bonds. The summed E-state index contributed by atoms with van der Waals surface area (Å²) < 4.78 is 67.9. The maximum atomic E-state index is 14.8. The second-order valence-corrected chi connectivity index (χ2v) is 14.2. The summed E-state index contributed by atoms with van der Waals surface area (Å²) >= 11 is 6.29. The molecule has 1 aromatic carbocycles. The Morgan fingerprint density at radius 2 is 1.88 bits per heavy atom. The van der Waals surface area contributed by atoms with Gasteiger partial charge in [0, 0.05) is 16.6 Å². The third kappa shape index (κ3) is 5.57. The highest BCUT2D eigenvalue weighted by atomic mass is 35.5. The monoisotopic (exact) mass is 599 g/mol. The molecule has 216 valence electrons. The summed E-state index contributed by atoms with van der Waals surface area (Å²) in [6, 6.07) is 3.16. The molecular formula is C26H28ClF2N3O7S. The van der Waals surface area contributed by atoms with Gasteiger partial charge in [0.2, 0.25) is 5.88 Å². The number of nitrogens with zero attached hydrogens (tertiary/aromatic N) is 3. The highest BCUT2D eigenvalue weighted by Gasteiger charge is 2.49. The fourth-order valence-electron chi connectivity index (χ4n) is 4.28. The Kier molecular flexibility index (Phi) is 7.64. The number of aliphatic hydroxyl groups is 1. The minimum Gasteiger partial charge on any atom is -0.472 e. The van der Waals surface area contributed by atoms with E-state index in [1.54, 1.807) is 20.8 Å². The van der Waals surface area contributed by atoms with Crippen molar-refractivity contribution in [3.63, 3.8) is 0 Å². The van der Waals surface area contributed by atoms with Crippen LogP contribution in [0, 0.1) is 11.6 Å². The van der Waals surface area contributed by atoms with Crippen LogP contribution in [-0.2, 0) is 37.0 Å². The molecule has 0 saturated carbocycles. The molecule has 1 unspecified atom stereocenters. The van der Waals surface area contributed by atoms with Gasteiger partial charge in [0.15, 0.2) is 12.0 Å². The van der Waals surface area contributed by atoms with Crippen molar-refractivity contribution in [3.05, 3.63) is 51.7 Å². The van der Waals surface area contributed by atoms with Gasteiger partial charge in [-0.1, -0.05) is 11.6 Å². The summed E-state index contributed by atoms with van der Waals surface area (Å²) in [5.74, 6) is -2.76. The number of amides is 1. The Bertz CT molecular complexity index is 1500. The van der Waals surface area contributed by atoms with Crippen molar-refractivity contribution in [1.29, 1.82) is 0 Å². The molecule has 1 aromatic heterocycles. The third-order valence-corrected chi connectivity index (χ3v) is 10.0. The molecule has 0 spiro atoms. The van der Waals surface area contributed by atoms with Gasteiger partial charge in [-0.25, -0.2) is 23.0 Å². The second-order valence-electron chi connectivity index (χ2n) is 10.8. The van der Waals surface area contributed by atoms with Gasteiger partial charge in [-0.2, -0.15) is 4.36 Å². The molecule has 1 N–H and O–H groups in total. The Balaban J connectivity index is 1.26. The van der Waals surface area contributed by atoms with Crippen molar-refractivity contribution in [2.75, 3.05) is 19.5 Å². The van der Waals surface area contributed by atoms with Crippen LogP contribution in [0.1, 0.15) is 42.4 Å². The lowest BCUT2D eigenvalue weighted by molar-refractivity contribution is 0.00558. The Morgan fingerprint density at radius 1 is 1.20 bits per heavy atom. The van der Waals surface area contributed by atoms with Gasteiger partial charge in [0.05, 0.1) is 46.3 Å². The van der Waals surface area contributed by atoms with Crippen LogP contribution in [-0.4, -0.2) is 74.7 Å². The van der Waals surface area contributed by atoms with Crippen LogP contribution in [0.2, 0.25) is 5.02 Å². The number of hydrogen-bond donors (Lipinski definition) is 1. The van der Waals surface area contributed by atoms with Crippen LogP contribution in [0.15, 0.2) is 27.6 Å². The molecule has 14 heteroatoms. The first kappa shape index (κ1) is 28.8. The molecule has 0 bridgehead atoms. The third-order valence-electron chi connectivity index (χ3n) is 6.97. The van der Waals surface area contributed by atoms with E-state index in [4.69, 9.17) is 30.5 Å². The van der Waals surface area contributed by atoms with Gasteiger partial charge < -0.3 is 24.1 Å². The van der Waals surface area contributed by atoms with Crippen LogP contribution in [0.5, 0.6) is 5.88 Å². The number of hydrogen-bond acceptors (Lipinski definition) is 9. The van der Waals surface area contributed by atoms with Gasteiger partial charge >= 0.3 is 0 Å². The number of pyridine rings is 1. The highest BCUT2D eigenvalue weighted by molar-refractivity contribution is 7.94. The van der Waals surface area contributed by atoms with E-state index in [2.05, 4.69) is 14.3 Å². The summed E-state index contributed by atoms with van der Waals surface area (Å²) in [6.07, 6.45) is -0.445. The van der Waals surface area contributed by atoms with Crippen LogP contribution < -0.4 is 4.74 Å². The zero-order chi connectivity index (χ0) is 29.0. The van der Waals surface area contributed by atoms with Gasteiger partial charge in [-0.3, -0.25) is 4.79 Å². The molecule has 10 nitrogen and oxygen atoms in total. The lowest BCUT2D eigenvalue weighted by Crippen LogP contribution is -2.34. The van der Waals surface area contributed by atoms with E-state index in [0.717, 1.165) is 12.1 Å². The van der Waals surface area contributed by atoms with Crippen LogP contribution in [0.25, 0.3) is 0 Å². The maximum Gasteiger partial charge on any atom is 0.285 e. The zero-order valence-electron chi connectivity index (χ0n) is 22.2. The number of halogens is 3. The summed E-state index contributed by atoms with van der Waals surface area (Å²) in [7, 11) is -2.96. The summed E-state index contributed by atoms with van der Waals surface area (Å²) in [5, 5.41) is 9.97. The van der Waals surface area contributed by atoms with Gasteiger partial charge in [-0.15, -0.1) is 0 Å². The molecule has 40 heavy (non-hydrogen) atoms. The molecule has 5 rings (SSSR count). The average Bonchev–Trinajstić information content (AvgIpc) is 3.54. The first-order valence-corrected chi connectivity index (χ1v) is 14.8. The SMILES string of the molecule is CC(C)(C)S(C)(=O)=NC(=O)c1cc(F)c(COc2nc3c(cc2Cl)N=C(O[C@@H]2CO[C@H]4[C@@H]2OC[C@H]4O)C3)c(F)c1.